The minimum absolute atomic E-state index is 0.184. The molecule has 2 aliphatic rings. The number of likely N-dealkylation sites (tertiary alicyclic amines) is 1. The van der Waals surface area contributed by atoms with Gasteiger partial charge in [0.1, 0.15) is 17.3 Å². The summed E-state index contributed by atoms with van der Waals surface area (Å²) in [6.07, 6.45) is 4.15. The monoisotopic (exact) mass is 440 g/mol. The van der Waals surface area contributed by atoms with Crippen molar-refractivity contribution in [2.24, 2.45) is 5.92 Å². The number of aryl methyl sites for hydroxylation is 1. The largest absolute Gasteiger partial charge is 0.497 e. The highest BCUT2D eigenvalue weighted by Gasteiger charge is 2.43. The molecule has 2 fully saturated rings. The van der Waals surface area contributed by atoms with Crippen molar-refractivity contribution in [3.05, 3.63) is 53.8 Å². The Morgan fingerprint density at radius 1 is 1.00 bits per heavy atom. The van der Waals surface area contributed by atoms with E-state index in [1.807, 2.05) is 12.1 Å². The summed E-state index contributed by atoms with van der Waals surface area (Å²) in [6, 6.07) is 11.0. The van der Waals surface area contributed by atoms with Gasteiger partial charge in [0.15, 0.2) is 0 Å². The van der Waals surface area contributed by atoms with Gasteiger partial charge in [-0.05, 0) is 80.6 Å². The smallest absolute Gasteiger partial charge is 0.251 e. The van der Waals surface area contributed by atoms with E-state index in [0.29, 0.717) is 11.6 Å². The molecule has 4 rings (SSSR count). The summed E-state index contributed by atoms with van der Waals surface area (Å²) in [5, 5.41) is 0. The highest BCUT2D eigenvalue weighted by molar-refractivity contribution is 6.22. The van der Waals surface area contributed by atoms with Crippen LogP contribution in [0.4, 0.5) is 10.1 Å². The molecule has 0 bridgehead atoms. The molecular weight excluding hydrogens is 411 g/mol. The first-order chi connectivity index (χ1) is 15.5. The van der Waals surface area contributed by atoms with Crippen LogP contribution in [0, 0.1) is 11.7 Å². The number of amides is 2. The number of halogens is 1. The molecule has 0 N–H and O–H groups in total. The van der Waals surface area contributed by atoms with Crippen LogP contribution in [0.1, 0.15) is 31.2 Å². The Labute approximate surface area is 187 Å². The minimum atomic E-state index is -0.421. The molecule has 2 aromatic rings. The van der Waals surface area contributed by atoms with Crippen LogP contribution in [-0.4, -0.2) is 50.1 Å². The Balaban J connectivity index is 1.32. The van der Waals surface area contributed by atoms with Crippen LogP contribution in [0.5, 0.6) is 11.5 Å². The number of piperidine rings is 1. The SMILES string of the molecule is COc1ccc(CCC2CCN(C3CC(=O)N(c4ccc(F)cc4)C3=O)CC2)c(OC)c1. The van der Waals surface area contributed by atoms with Gasteiger partial charge in [0, 0.05) is 6.07 Å². The highest BCUT2D eigenvalue weighted by Crippen LogP contribution is 2.32. The number of ether oxygens (including phenoxy) is 2. The number of hydrogen-bond acceptors (Lipinski definition) is 5. The molecular formula is C25H29FN2O4. The van der Waals surface area contributed by atoms with Crippen LogP contribution in [0.25, 0.3) is 0 Å². The lowest BCUT2D eigenvalue weighted by atomic mass is 9.89. The summed E-state index contributed by atoms with van der Waals surface area (Å²) in [6.45, 7) is 1.59. The van der Waals surface area contributed by atoms with Gasteiger partial charge in [0.25, 0.3) is 5.91 Å². The van der Waals surface area contributed by atoms with E-state index in [1.165, 1.54) is 34.7 Å². The predicted molar refractivity (Wildman–Crippen MR) is 119 cm³/mol. The molecule has 0 aromatic heterocycles. The van der Waals surface area contributed by atoms with Crippen molar-refractivity contribution in [1.29, 1.82) is 0 Å². The number of rotatable bonds is 7. The third-order valence-electron chi connectivity index (χ3n) is 6.61. The fraction of sp³-hybridized carbons (Fsp3) is 0.440. The molecule has 1 unspecified atom stereocenters. The summed E-state index contributed by atoms with van der Waals surface area (Å²) in [5.41, 5.74) is 1.61. The number of carbonyl (C=O) groups excluding carboxylic acids is 2. The van der Waals surface area contributed by atoms with Crippen molar-refractivity contribution in [3.8, 4) is 11.5 Å². The average molecular weight is 441 g/mol. The van der Waals surface area contributed by atoms with Gasteiger partial charge in [0.05, 0.1) is 32.4 Å². The molecule has 2 aromatic carbocycles. The molecule has 2 aliphatic heterocycles. The molecule has 0 radical (unpaired) electrons. The van der Waals surface area contributed by atoms with Gasteiger partial charge in [-0.1, -0.05) is 6.07 Å². The summed E-state index contributed by atoms with van der Waals surface area (Å²) < 4.78 is 24.0. The highest BCUT2D eigenvalue weighted by atomic mass is 19.1. The van der Waals surface area contributed by atoms with Gasteiger partial charge >= 0.3 is 0 Å². The van der Waals surface area contributed by atoms with Crippen molar-refractivity contribution in [1.82, 2.24) is 4.90 Å². The second-order valence-corrected chi connectivity index (χ2v) is 8.46. The molecule has 6 nitrogen and oxygen atoms in total. The Morgan fingerprint density at radius 3 is 2.38 bits per heavy atom. The minimum Gasteiger partial charge on any atom is -0.497 e. The van der Waals surface area contributed by atoms with Gasteiger partial charge in [-0.25, -0.2) is 9.29 Å². The molecule has 0 spiro atoms. The number of anilines is 1. The summed E-state index contributed by atoms with van der Waals surface area (Å²) >= 11 is 0. The average Bonchev–Trinajstić information content (AvgIpc) is 3.12. The number of carbonyl (C=O) groups is 2. The first kappa shape index (κ1) is 22.3. The Hall–Kier alpha value is -2.93. The van der Waals surface area contributed by atoms with Gasteiger partial charge in [-0.15, -0.1) is 0 Å². The predicted octanol–water partition coefficient (Wildman–Crippen LogP) is 3.82. The van der Waals surface area contributed by atoms with Crippen molar-refractivity contribution < 1.29 is 23.5 Å². The molecule has 7 heteroatoms. The van der Waals surface area contributed by atoms with E-state index in [9.17, 15) is 14.0 Å². The Kier molecular flexibility index (Phi) is 6.74. The third kappa shape index (κ3) is 4.63. The van der Waals surface area contributed by atoms with Gasteiger partial charge in [0.2, 0.25) is 5.91 Å². The van der Waals surface area contributed by atoms with Crippen LogP contribution >= 0.6 is 0 Å². The van der Waals surface area contributed by atoms with Crippen LogP contribution in [0.15, 0.2) is 42.5 Å². The number of nitrogens with zero attached hydrogens (tertiary/aromatic N) is 2. The first-order valence-electron chi connectivity index (χ1n) is 11.1. The second kappa shape index (κ2) is 9.69. The Bertz CT molecular complexity index is 970. The molecule has 2 amide bonds. The first-order valence-corrected chi connectivity index (χ1v) is 11.1. The zero-order chi connectivity index (χ0) is 22.7. The van der Waals surface area contributed by atoms with E-state index < -0.39 is 11.9 Å². The zero-order valence-electron chi connectivity index (χ0n) is 18.6. The number of hydrogen-bond donors (Lipinski definition) is 0. The molecule has 170 valence electrons. The van der Waals surface area contributed by atoms with Gasteiger partial charge in [-0.3, -0.25) is 14.5 Å². The number of imide groups is 1. The zero-order valence-corrected chi connectivity index (χ0v) is 18.6. The molecule has 0 aliphatic carbocycles. The molecule has 0 saturated carbocycles. The topological polar surface area (TPSA) is 59.1 Å². The van der Waals surface area contributed by atoms with Crippen molar-refractivity contribution in [2.75, 3.05) is 32.2 Å². The standard InChI is InChI=1S/C25H29FN2O4/c1-31-21-10-5-18(23(15-21)32-2)4-3-17-11-13-27(14-12-17)22-16-24(29)28(25(22)30)20-8-6-19(26)7-9-20/h5-10,15,17,22H,3-4,11-14,16H2,1-2H3. The van der Waals surface area contributed by atoms with E-state index in [4.69, 9.17) is 9.47 Å². The van der Waals surface area contributed by atoms with Crippen LogP contribution in [-0.2, 0) is 16.0 Å². The second-order valence-electron chi connectivity index (χ2n) is 8.46. The third-order valence-corrected chi connectivity index (χ3v) is 6.61. The number of methoxy groups -OCH3 is 2. The lowest BCUT2D eigenvalue weighted by Crippen LogP contribution is -2.46. The normalized spacial score (nSPS) is 20.1. The summed E-state index contributed by atoms with van der Waals surface area (Å²) in [7, 11) is 3.32. The molecule has 2 heterocycles. The van der Waals surface area contributed by atoms with Crippen molar-refractivity contribution >= 4 is 17.5 Å². The van der Waals surface area contributed by atoms with Crippen LogP contribution in [0.3, 0.4) is 0 Å². The van der Waals surface area contributed by atoms with Crippen molar-refractivity contribution in [3.63, 3.8) is 0 Å². The fourth-order valence-electron chi connectivity index (χ4n) is 4.73. The molecule has 2 saturated heterocycles. The quantitative estimate of drug-likeness (QED) is 0.613. The van der Waals surface area contributed by atoms with E-state index in [0.717, 1.165) is 50.3 Å². The maximum absolute atomic E-state index is 13.2. The summed E-state index contributed by atoms with van der Waals surface area (Å²) in [4.78, 5) is 28.8. The lowest BCUT2D eigenvalue weighted by molar-refractivity contribution is -0.123. The van der Waals surface area contributed by atoms with E-state index in [2.05, 4.69) is 11.0 Å². The van der Waals surface area contributed by atoms with E-state index in [1.54, 1.807) is 14.2 Å². The van der Waals surface area contributed by atoms with Crippen LogP contribution in [0.2, 0.25) is 0 Å². The maximum atomic E-state index is 13.2. The summed E-state index contributed by atoms with van der Waals surface area (Å²) in [5.74, 6) is 1.38. The molecule has 32 heavy (non-hydrogen) atoms. The number of benzene rings is 2. The lowest BCUT2D eigenvalue weighted by Gasteiger charge is -2.34. The maximum Gasteiger partial charge on any atom is 0.251 e. The van der Waals surface area contributed by atoms with Gasteiger partial charge < -0.3 is 9.47 Å². The van der Waals surface area contributed by atoms with Crippen molar-refractivity contribution in [2.45, 2.75) is 38.1 Å². The van der Waals surface area contributed by atoms with E-state index >= 15 is 0 Å². The fourth-order valence-corrected chi connectivity index (χ4v) is 4.73. The molecule has 1 atom stereocenters. The van der Waals surface area contributed by atoms with E-state index in [-0.39, 0.29) is 18.2 Å². The Morgan fingerprint density at radius 2 is 1.72 bits per heavy atom. The van der Waals surface area contributed by atoms with Crippen LogP contribution < -0.4 is 14.4 Å². The van der Waals surface area contributed by atoms with Gasteiger partial charge in [-0.2, -0.15) is 0 Å².